The molecule has 1 N–H and O–H groups in total. The number of likely N-dealkylation sites (tertiary alicyclic amines) is 2. The summed E-state index contributed by atoms with van der Waals surface area (Å²) in [6.45, 7) is 2.84. The number of aliphatic hydroxyl groups is 1. The summed E-state index contributed by atoms with van der Waals surface area (Å²) in [4.78, 5) is 34.6. The van der Waals surface area contributed by atoms with Gasteiger partial charge < -0.3 is 14.9 Å². The van der Waals surface area contributed by atoms with Crippen LogP contribution in [0.25, 0.3) is 0 Å². The van der Waals surface area contributed by atoms with Crippen LogP contribution in [0.4, 0.5) is 5.69 Å². The molecule has 0 aliphatic carbocycles. The third kappa shape index (κ3) is 5.40. The van der Waals surface area contributed by atoms with Crippen molar-refractivity contribution >= 4 is 40.9 Å². The number of benzene rings is 3. The smallest absolute Gasteiger partial charge is 0.241 e. The molecule has 1 spiro atoms. The highest BCUT2D eigenvalue weighted by Gasteiger charge is 2.54. The first-order valence-corrected chi connectivity index (χ1v) is 15.3. The summed E-state index contributed by atoms with van der Waals surface area (Å²) in [5, 5.41) is 12.1. The van der Waals surface area contributed by atoms with Gasteiger partial charge >= 0.3 is 0 Å². The largest absolute Gasteiger partial charge is 0.386 e. The van der Waals surface area contributed by atoms with E-state index >= 15 is 0 Å². The van der Waals surface area contributed by atoms with Crippen LogP contribution in [-0.2, 0) is 16.1 Å². The number of amides is 2. The van der Waals surface area contributed by atoms with E-state index in [-0.39, 0.29) is 17.9 Å². The molecule has 2 fully saturated rings. The minimum absolute atomic E-state index is 0.0976. The molecule has 0 aromatic heterocycles. The van der Waals surface area contributed by atoms with Crippen molar-refractivity contribution in [2.45, 2.75) is 42.8 Å². The van der Waals surface area contributed by atoms with Gasteiger partial charge in [-0.2, -0.15) is 0 Å². The second kappa shape index (κ2) is 11.6. The second-order valence-electron chi connectivity index (χ2n) is 11.1. The maximum atomic E-state index is 14.1. The van der Waals surface area contributed by atoms with Crippen LogP contribution in [0.15, 0.2) is 83.8 Å². The number of rotatable bonds is 6. The minimum Gasteiger partial charge on any atom is -0.386 e. The summed E-state index contributed by atoms with van der Waals surface area (Å²) in [5.74, 6) is 1.11. The lowest BCUT2D eigenvalue weighted by atomic mass is 9.75. The molecule has 2 amide bonds. The van der Waals surface area contributed by atoms with Crippen LogP contribution in [0, 0.1) is 5.41 Å². The van der Waals surface area contributed by atoms with Crippen molar-refractivity contribution < 1.29 is 14.7 Å². The zero-order valence-electron chi connectivity index (χ0n) is 22.4. The standard InChI is InChI=1S/C32H34ClN3O3S/c33-25-10-6-7-23(19-25)21-36-27(30(38)24-8-2-1-3-9-24)20-32(31(36)39)13-15-34(16-14-32)22-29(37)35-17-18-40-28-12-5-4-11-26(28)35/h1-12,19,27,30,38H,13-18,20-22H2/t27-,30+/m0/s1. The van der Waals surface area contributed by atoms with Crippen molar-refractivity contribution in [3.8, 4) is 0 Å². The van der Waals surface area contributed by atoms with Crippen molar-refractivity contribution in [2.24, 2.45) is 5.41 Å². The summed E-state index contributed by atoms with van der Waals surface area (Å²) in [6.07, 6.45) is 1.17. The summed E-state index contributed by atoms with van der Waals surface area (Å²) in [5.41, 5.74) is 2.23. The van der Waals surface area contributed by atoms with Gasteiger partial charge in [0.05, 0.1) is 29.8 Å². The summed E-state index contributed by atoms with van der Waals surface area (Å²) in [6, 6.07) is 25.0. The lowest BCUT2D eigenvalue weighted by molar-refractivity contribution is -0.140. The lowest BCUT2D eigenvalue weighted by Gasteiger charge is -2.38. The van der Waals surface area contributed by atoms with Gasteiger partial charge in [-0.05, 0) is 67.7 Å². The van der Waals surface area contributed by atoms with E-state index in [2.05, 4.69) is 11.0 Å². The van der Waals surface area contributed by atoms with Crippen molar-refractivity contribution in [2.75, 3.05) is 36.8 Å². The number of aliphatic hydroxyl groups excluding tert-OH is 1. The number of hydrogen-bond donors (Lipinski definition) is 1. The number of hydrogen-bond acceptors (Lipinski definition) is 5. The SMILES string of the molecule is O=C(CN1CCC2(CC1)C[C@@H]([C@H](O)c1ccccc1)N(Cc1cccc(Cl)c1)C2=O)N1CCSc2ccccc21. The molecule has 3 aromatic carbocycles. The average Bonchev–Trinajstić information content (AvgIpc) is 3.24. The molecule has 208 valence electrons. The van der Waals surface area contributed by atoms with E-state index in [1.807, 2.05) is 82.6 Å². The number of fused-ring (bicyclic) bond motifs is 1. The number of halogens is 1. The van der Waals surface area contributed by atoms with Gasteiger partial charge in [0.25, 0.3) is 0 Å². The second-order valence-corrected chi connectivity index (χ2v) is 12.7. The molecular weight excluding hydrogens is 542 g/mol. The van der Waals surface area contributed by atoms with Crippen LogP contribution in [0.2, 0.25) is 5.02 Å². The molecule has 3 aliphatic heterocycles. The summed E-state index contributed by atoms with van der Waals surface area (Å²) < 4.78 is 0. The van der Waals surface area contributed by atoms with Crippen molar-refractivity contribution in [1.82, 2.24) is 9.80 Å². The Morgan fingerprint density at radius 3 is 2.52 bits per heavy atom. The molecule has 3 heterocycles. The van der Waals surface area contributed by atoms with Crippen molar-refractivity contribution in [3.05, 3.63) is 95.0 Å². The van der Waals surface area contributed by atoms with E-state index in [0.29, 0.717) is 57.0 Å². The molecule has 3 aromatic rings. The Balaban J connectivity index is 1.17. The van der Waals surface area contributed by atoms with Gasteiger partial charge in [-0.15, -0.1) is 11.8 Å². The maximum Gasteiger partial charge on any atom is 0.241 e. The third-order valence-corrected chi connectivity index (χ3v) is 9.94. The molecule has 40 heavy (non-hydrogen) atoms. The highest BCUT2D eigenvalue weighted by atomic mass is 35.5. The number of para-hydroxylation sites is 1. The quantitative estimate of drug-likeness (QED) is 0.427. The van der Waals surface area contributed by atoms with Crippen LogP contribution in [-0.4, -0.2) is 64.7 Å². The van der Waals surface area contributed by atoms with Gasteiger partial charge in [0, 0.05) is 28.8 Å². The van der Waals surface area contributed by atoms with E-state index in [0.717, 1.165) is 27.5 Å². The molecule has 2 saturated heterocycles. The van der Waals surface area contributed by atoms with Gasteiger partial charge in [-0.25, -0.2) is 0 Å². The molecule has 3 aliphatic rings. The fraction of sp³-hybridized carbons (Fsp3) is 0.375. The predicted octanol–water partition coefficient (Wildman–Crippen LogP) is 5.40. The van der Waals surface area contributed by atoms with Gasteiger partial charge in [-0.1, -0.05) is 66.2 Å². The maximum absolute atomic E-state index is 14.1. The Labute approximate surface area is 244 Å². The van der Waals surface area contributed by atoms with E-state index < -0.39 is 11.5 Å². The van der Waals surface area contributed by atoms with E-state index in [9.17, 15) is 14.7 Å². The molecular formula is C32H34ClN3O3S. The molecule has 0 unspecified atom stereocenters. The minimum atomic E-state index is -0.777. The Hall–Kier alpha value is -2.84. The number of piperidine rings is 1. The van der Waals surface area contributed by atoms with Crippen molar-refractivity contribution in [1.29, 1.82) is 0 Å². The molecule has 0 bridgehead atoms. The van der Waals surface area contributed by atoms with Crippen LogP contribution in [0.5, 0.6) is 0 Å². The molecule has 6 nitrogen and oxygen atoms in total. The van der Waals surface area contributed by atoms with Crippen LogP contribution in [0.3, 0.4) is 0 Å². The lowest BCUT2D eigenvalue weighted by Crippen LogP contribution is -2.49. The highest BCUT2D eigenvalue weighted by molar-refractivity contribution is 7.99. The summed E-state index contributed by atoms with van der Waals surface area (Å²) >= 11 is 8.05. The predicted molar refractivity (Wildman–Crippen MR) is 159 cm³/mol. The molecule has 8 heteroatoms. The monoisotopic (exact) mass is 575 g/mol. The fourth-order valence-corrected chi connectivity index (χ4v) is 7.70. The van der Waals surface area contributed by atoms with E-state index in [4.69, 9.17) is 11.6 Å². The fourth-order valence-electron chi connectivity index (χ4n) is 6.49. The highest BCUT2D eigenvalue weighted by Crippen LogP contribution is 2.48. The Kier molecular flexibility index (Phi) is 7.91. The number of carbonyl (C=O) groups is 2. The Bertz CT molecular complexity index is 1380. The van der Waals surface area contributed by atoms with Crippen molar-refractivity contribution in [3.63, 3.8) is 0 Å². The van der Waals surface area contributed by atoms with Gasteiger partial charge in [0.2, 0.25) is 11.8 Å². The normalized spacial score (nSPS) is 21.4. The third-order valence-electron chi connectivity index (χ3n) is 8.66. The zero-order valence-corrected chi connectivity index (χ0v) is 24.0. The van der Waals surface area contributed by atoms with Crippen LogP contribution >= 0.6 is 23.4 Å². The van der Waals surface area contributed by atoms with E-state index in [1.54, 1.807) is 11.8 Å². The molecule has 6 rings (SSSR count). The Morgan fingerprint density at radius 1 is 1.00 bits per heavy atom. The molecule has 2 atom stereocenters. The van der Waals surface area contributed by atoms with E-state index in [1.165, 1.54) is 0 Å². The average molecular weight is 576 g/mol. The topological polar surface area (TPSA) is 64.1 Å². The number of carbonyl (C=O) groups excluding carboxylic acids is 2. The number of thioether (sulfide) groups is 1. The summed E-state index contributed by atoms with van der Waals surface area (Å²) in [7, 11) is 0. The van der Waals surface area contributed by atoms with Gasteiger partial charge in [0.15, 0.2) is 0 Å². The van der Waals surface area contributed by atoms with Crippen LogP contribution in [0.1, 0.15) is 36.5 Å². The van der Waals surface area contributed by atoms with Crippen LogP contribution < -0.4 is 4.90 Å². The molecule has 0 saturated carbocycles. The first kappa shape index (κ1) is 27.3. The zero-order chi connectivity index (χ0) is 27.7. The van der Waals surface area contributed by atoms with Gasteiger partial charge in [-0.3, -0.25) is 14.5 Å². The number of nitrogens with zero attached hydrogens (tertiary/aromatic N) is 3. The van der Waals surface area contributed by atoms with Gasteiger partial charge in [0.1, 0.15) is 0 Å². The Morgan fingerprint density at radius 2 is 1.75 bits per heavy atom. The first-order valence-electron chi connectivity index (χ1n) is 14.0. The number of anilines is 1. The first-order chi connectivity index (χ1) is 19.4. The molecule has 0 radical (unpaired) electrons.